The Bertz CT molecular complexity index is 463. The molecule has 2 atom stereocenters. The minimum absolute atomic E-state index is 0.180. The van der Waals surface area contributed by atoms with E-state index >= 15 is 0 Å². The van der Waals surface area contributed by atoms with Gasteiger partial charge in [0.25, 0.3) is 5.91 Å². The molecule has 1 aliphatic rings. The topological polar surface area (TPSA) is 92.9 Å². The lowest BCUT2D eigenvalue weighted by atomic mass is 10.2. The van der Waals surface area contributed by atoms with E-state index in [1.807, 2.05) is 6.07 Å². The molecule has 1 saturated heterocycles. The van der Waals surface area contributed by atoms with Crippen LogP contribution >= 0.6 is 0 Å². The van der Waals surface area contributed by atoms with E-state index in [0.29, 0.717) is 5.75 Å². The first kappa shape index (κ1) is 13.4. The van der Waals surface area contributed by atoms with Crippen molar-refractivity contribution in [3.63, 3.8) is 0 Å². The number of amides is 1. The van der Waals surface area contributed by atoms with Crippen molar-refractivity contribution in [1.82, 2.24) is 4.90 Å². The van der Waals surface area contributed by atoms with Crippen molar-refractivity contribution < 1.29 is 19.4 Å². The van der Waals surface area contributed by atoms with E-state index in [-0.39, 0.29) is 31.5 Å². The fraction of sp³-hybridized carbons (Fsp3) is 0.385. The van der Waals surface area contributed by atoms with Gasteiger partial charge < -0.3 is 20.5 Å². The zero-order valence-corrected chi connectivity index (χ0v) is 10.4. The second kappa shape index (κ2) is 5.71. The predicted octanol–water partition coefficient (Wildman–Crippen LogP) is 0.0782. The van der Waals surface area contributed by atoms with Crippen LogP contribution in [0.5, 0.6) is 5.75 Å². The van der Waals surface area contributed by atoms with Crippen LogP contribution in [0.15, 0.2) is 30.3 Å². The van der Waals surface area contributed by atoms with Crippen LogP contribution < -0.4 is 10.5 Å². The molecule has 2 unspecified atom stereocenters. The first-order valence-corrected chi connectivity index (χ1v) is 6.03. The van der Waals surface area contributed by atoms with Crippen LogP contribution in [-0.2, 0) is 9.59 Å². The number of benzene rings is 1. The fourth-order valence-electron chi connectivity index (χ4n) is 2.12. The maximum absolute atomic E-state index is 12.0. The van der Waals surface area contributed by atoms with E-state index in [1.165, 1.54) is 4.90 Å². The maximum Gasteiger partial charge on any atom is 0.326 e. The molecule has 0 aromatic heterocycles. The molecule has 102 valence electrons. The van der Waals surface area contributed by atoms with Crippen molar-refractivity contribution in [2.45, 2.75) is 18.5 Å². The number of hydrogen-bond acceptors (Lipinski definition) is 4. The summed E-state index contributed by atoms with van der Waals surface area (Å²) in [5.41, 5.74) is 5.70. The summed E-state index contributed by atoms with van der Waals surface area (Å²) >= 11 is 0. The number of nitrogens with zero attached hydrogens (tertiary/aromatic N) is 1. The third-order valence-electron chi connectivity index (χ3n) is 3.04. The number of carboxylic acid groups (broad SMARTS) is 1. The van der Waals surface area contributed by atoms with Crippen molar-refractivity contribution >= 4 is 11.9 Å². The molecule has 1 heterocycles. The highest BCUT2D eigenvalue weighted by Crippen LogP contribution is 2.17. The summed E-state index contributed by atoms with van der Waals surface area (Å²) < 4.78 is 5.32. The molecule has 6 heteroatoms. The Labute approximate surface area is 110 Å². The molecule has 1 amide bonds. The quantitative estimate of drug-likeness (QED) is 0.803. The molecule has 1 aliphatic heterocycles. The van der Waals surface area contributed by atoms with Crippen LogP contribution in [-0.4, -0.2) is 47.1 Å². The van der Waals surface area contributed by atoms with Gasteiger partial charge in [-0.15, -0.1) is 0 Å². The van der Waals surface area contributed by atoms with E-state index in [0.717, 1.165) is 0 Å². The average Bonchev–Trinajstić information content (AvgIpc) is 2.79. The lowest BCUT2D eigenvalue weighted by molar-refractivity contribution is -0.148. The number of hydrogen-bond donors (Lipinski definition) is 2. The van der Waals surface area contributed by atoms with E-state index < -0.39 is 12.0 Å². The third kappa shape index (κ3) is 3.23. The Balaban J connectivity index is 1.94. The Hall–Kier alpha value is -2.08. The number of likely N-dealkylation sites (tertiary alicyclic amines) is 1. The van der Waals surface area contributed by atoms with Crippen LogP contribution in [0.2, 0.25) is 0 Å². The molecule has 1 aromatic carbocycles. The van der Waals surface area contributed by atoms with Gasteiger partial charge in [0.15, 0.2) is 6.61 Å². The second-order valence-corrected chi connectivity index (χ2v) is 4.50. The minimum Gasteiger partial charge on any atom is -0.484 e. The summed E-state index contributed by atoms with van der Waals surface area (Å²) in [6.45, 7) is 0.0778. The Morgan fingerprint density at radius 1 is 1.37 bits per heavy atom. The number of para-hydroxylation sites is 1. The molecule has 19 heavy (non-hydrogen) atoms. The number of nitrogens with two attached hydrogens (primary N) is 1. The number of rotatable bonds is 4. The van der Waals surface area contributed by atoms with Gasteiger partial charge in [-0.3, -0.25) is 4.79 Å². The molecule has 0 aliphatic carbocycles. The maximum atomic E-state index is 12.0. The molecule has 1 aromatic rings. The average molecular weight is 264 g/mol. The number of carboxylic acids is 1. The van der Waals surface area contributed by atoms with Gasteiger partial charge in [-0.2, -0.15) is 0 Å². The molecule has 1 fully saturated rings. The SMILES string of the molecule is NC1CC(C(=O)O)N(C(=O)COc2ccccc2)C1. The number of aliphatic carboxylic acids is 1. The summed E-state index contributed by atoms with van der Waals surface area (Å²) in [7, 11) is 0. The molecule has 0 radical (unpaired) electrons. The first-order chi connectivity index (χ1) is 9.08. The van der Waals surface area contributed by atoms with Gasteiger partial charge in [0.1, 0.15) is 11.8 Å². The van der Waals surface area contributed by atoms with Crippen molar-refractivity contribution in [3.05, 3.63) is 30.3 Å². The van der Waals surface area contributed by atoms with E-state index in [2.05, 4.69) is 0 Å². The molecule has 3 N–H and O–H groups in total. The Morgan fingerprint density at radius 3 is 2.68 bits per heavy atom. The number of carbonyl (C=O) groups excluding carboxylic acids is 1. The van der Waals surface area contributed by atoms with Gasteiger partial charge in [0.05, 0.1) is 0 Å². The predicted molar refractivity (Wildman–Crippen MR) is 67.7 cm³/mol. The molecule has 6 nitrogen and oxygen atoms in total. The highest BCUT2D eigenvalue weighted by molar-refractivity contribution is 5.85. The fourth-order valence-corrected chi connectivity index (χ4v) is 2.12. The van der Waals surface area contributed by atoms with Gasteiger partial charge in [0.2, 0.25) is 0 Å². The third-order valence-corrected chi connectivity index (χ3v) is 3.04. The highest BCUT2D eigenvalue weighted by Gasteiger charge is 2.38. The smallest absolute Gasteiger partial charge is 0.326 e. The normalized spacial score (nSPS) is 22.3. The highest BCUT2D eigenvalue weighted by atomic mass is 16.5. The monoisotopic (exact) mass is 264 g/mol. The molecule has 2 rings (SSSR count). The molecular weight excluding hydrogens is 248 g/mol. The standard InChI is InChI=1S/C13H16N2O4/c14-9-6-11(13(17)18)15(7-9)12(16)8-19-10-4-2-1-3-5-10/h1-5,9,11H,6-8,14H2,(H,17,18). The zero-order valence-electron chi connectivity index (χ0n) is 10.4. The van der Waals surface area contributed by atoms with Gasteiger partial charge >= 0.3 is 5.97 Å². The van der Waals surface area contributed by atoms with Gasteiger partial charge in [-0.1, -0.05) is 18.2 Å². The lowest BCUT2D eigenvalue weighted by Gasteiger charge is -2.21. The zero-order chi connectivity index (χ0) is 13.8. The van der Waals surface area contributed by atoms with Gasteiger partial charge in [0, 0.05) is 12.6 Å². The summed E-state index contributed by atoms with van der Waals surface area (Å²) in [5, 5.41) is 9.05. The minimum atomic E-state index is -1.03. The number of ether oxygens (including phenoxy) is 1. The summed E-state index contributed by atoms with van der Waals surface area (Å²) in [6, 6.07) is 7.77. The summed E-state index contributed by atoms with van der Waals surface area (Å²) in [6.07, 6.45) is 0.284. The van der Waals surface area contributed by atoms with Gasteiger partial charge in [-0.25, -0.2) is 4.79 Å². The van der Waals surface area contributed by atoms with E-state index in [4.69, 9.17) is 15.6 Å². The molecule has 0 saturated carbocycles. The lowest BCUT2D eigenvalue weighted by Crippen LogP contribution is -2.43. The van der Waals surface area contributed by atoms with E-state index in [1.54, 1.807) is 24.3 Å². The van der Waals surface area contributed by atoms with Crippen LogP contribution in [0, 0.1) is 0 Å². The van der Waals surface area contributed by atoms with Gasteiger partial charge in [-0.05, 0) is 18.6 Å². The van der Waals surface area contributed by atoms with Crippen LogP contribution in [0.25, 0.3) is 0 Å². The van der Waals surface area contributed by atoms with E-state index in [9.17, 15) is 9.59 Å². The van der Waals surface area contributed by atoms with Crippen molar-refractivity contribution in [3.8, 4) is 5.75 Å². The van der Waals surface area contributed by atoms with Crippen molar-refractivity contribution in [2.75, 3.05) is 13.2 Å². The largest absolute Gasteiger partial charge is 0.484 e. The molecular formula is C13H16N2O4. The number of carbonyl (C=O) groups is 2. The summed E-state index contributed by atoms with van der Waals surface area (Å²) in [4.78, 5) is 24.3. The van der Waals surface area contributed by atoms with Crippen LogP contribution in [0.1, 0.15) is 6.42 Å². The van der Waals surface area contributed by atoms with Crippen LogP contribution in [0.3, 0.4) is 0 Å². The van der Waals surface area contributed by atoms with Crippen molar-refractivity contribution in [2.24, 2.45) is 5.73 Å². The van der Waals surface area contributed by atoms with Crippen molar-refractivity contribution in [1.29, 1.82) is 0 Å². The Kier molecular flexibility index (Phi) is 4.01. The first-order valence-electron chi connectivity index (χ1n) is 6.03. The Morgan fingerprint density at radius 2 is 2.05 bits per heavy atom. The van der Waals surface area contributed by atoms with Crippen LogP contribution in [0.4, 0.5) is 0 Å². The second-order valence-electron chi connectivity index (χ2n) is 4.50. The summed E-state index contributed by atoms with van der Waals surface area (Å²) in [5.74, 6) is -0.809. The molecule has 0 bridgehead atoms. The molecule has 0 spiro atoms.